The van der Waals surface area contributed by atoms with E-state index in [1.807, 2.05) is 12.3 Å². The van der Waals surface area contributed by atoms with Crippen molar-refractivity contribution in [2.45, 2.75) is 13.3 Å². The Morgan fingerprint density at radius 1 is 1.27 bits per heavy atom. The fraction of sp³-hybridized carbons (Fsp3) is 0.308. The Bertz CT molecular complexity index is 446. The van der Waals surface area contributed by atoms with Gasteiger partial charge in [-0.05, 0) is 30.5 Å². The zero-order valence-corrected chi connectivity index (χ0v) is 8.98. The predicted molar refractivity (Wildman–Crippen MR) is 63.7 cm³/mol. The number of rotatable bonds is 3. The van der Waals surface area contributed by atoms with E-state index in [9.17, 15) is 0 Å². The van der Waals surface area contributed by atoms with Gasteiger partial charge in [0.2, 0.25) is 0 Å². The van der Waals surface area contributed by atoms with E-state index in [2.05, 4.69) is 36.2 Å². The Morgan fingerprint density at radius 2 is 2.07 bits per heavy atom. The molecule has 0 bridgehead atoms. The SMILES string of the molecule is CC(CN)Cc1cccc2cccnc12. The first-order valence-electron chi connectivity index (χ1n) is 5.34. The summed E-state index contributed by atoms with van der Waals surface area (Å²) in [4.78, 5) is 4.43. The van der Waals surface area contributed by atoms with Crippen molar-refractivity contribution in [3.8, 4) is 0 Å². The Balaban J connectivity index is 2.42. The predicted octanol–water partition coefficient (Wildman–Crippen LogP) is 2.37. The molecule has 0 aliphatic rings. The number of pyridine rings is 1. The molecule has 2 N–H and O–H groups in total. The standard InChI is InChI=1S/C13H16N2/c1-10(9-14)8-12-5-2-4-11-6-3-7-15-13(11)12/h2-7,10H,8-9,14H2,1H3. The smallest absolute Gasteiger partial charge is 0.0733 e. The summed E-state index contributed by atoms with van der Waals surface area (Å²) in [7, 11) is 0. The van der Waals surface area contributed by atoms with E-state index in [-0.39, 0.29) is 0 Å². The number of nitrogens with zero attached hydrogens (tertiary/aromatic N) is 1. The molecule has 1 atom stereocenters. The first-order valence-corrected chi connectivity index (χ1v) is 5.34. The van der Waals surface area contributed by atoms with Gasteiger partial charge in [0.05, 0.1) is 5.52 Å². The van der Waals surface area contributed by atoms with Gasteiger partial charge in [-0.2, -0.15) is 0 Å². The Morgan fingerprint density at radius 3 is 2.87 bits per heavy atom. The second-order valence-electron chi connectivity index (χ2n) is 4.04. The van der Waals surface area contributed by atoms with Gasteiger partial charge in [-0.3, -0.25) is 4.98 Å². The van der Waals surface area contributed by atoms with Crippen LogP contribution in [0.2, 0.25) is 0 Å². The number of aromatic nitrogens is 1. The molecule has 0 amide bonds. The number of nitrogens with two attached hydrogens (primary N) is 1. The molecular weight excluding hydrogens is 184 g/mol. The lowest BCUT2D eigenvalue weighted by molar-refractivity contribution is 0.595. The molecule has 2 aromatic rings. The molecule has 15 heavy (non-hydrogen) atoms. The van der Waals surface area contributed by atoms with Crippen LogP contribution in [0.4, 0.5) is 0 Å². The third-order valence-corrected chi connectivity index (χ3v) is 2.69. The lowest BCUT2D eigenvalue weighted by atomic mass is 9.99. The maximum absolute atomic E-state index is 5.64. The minimum absolute atomic E-state index is 0.512. The summed E-state index contributed by atoms with van der Waals surface area (Å²) in [6.45, 7) is 2.89. The van der Waals surface area contributed by atoms with Crippen LogP contribution in [0.25, 0.3) is 10.9 Å². The number of benzene rings is 1. The van der Waals surface area contributed by atoms with Gasteiger partial charge in [0, 0.05) is 11.6 Å². The van der Waals surface area contributed by atoms with Crippen molar-refractivity contribution in [2.75, 3.05) is 6.54 Å². The van der Waals surface area contributed by atoms with Crippen LogP contribution in [0.3, 0.4) is 0 Å². The van der Waals surface area contributed by atoms with E-state index in [1.54, 1.807) is 0 Å². The van der Waals surface area contributed by atoms with Crippen molar-refractivity contribution in [3.05, 3.63) is 42.1 Å². The second-order valence-corrected chi connectivity index (χ2v) is 4.04. The van der Waals surface area contributed by atoms with E-state index < -0.39 is 0 Å². The van der Waals surface area contributed by atoms with Crippen molar-refractivity contribution in [1.82, 2.24) is 4.98 Å². The number of para-hydroxylation sites is 1. The molecule has 0 saturated heterocycles. The molecule has 0 aliphatic heterocycles. The first-order chi connectivity index (χ1) is 7.31. The molecule has 2 heteroatoms. The number of hydrogen-bond acceptors (Lipinski definition) is 2. The fourth-order valence-corrected chi connectivity index (χ4v) is 1.79. The molecule has 0 fully saturated rings. The van der Waals surface area contributed by atoms with Crippen molar-refractivity contribution >= 4 is 10.9 Å². The molecule has 0 saturated carbocycles. The average molecular weight is 200 g/mol. The highest BCUT2D eigenvalue weighted by molar-refractivity contribution is 5.81. The van der Waals surface area contributed by atoms with Gasteiger partial charge < -0.3 is 5.73 Å². The van der Waals surface area contributed by atoms with E-state index in [0.29, 0.717) is 5.92 Å². The van der Waals surface area contributed by atoms with Crippen LogP contribution < -0.4 is 5.73 Å². The summed E-state index contributed by atoms with van der Waals surface area (Å²) in [5.41, 5.74) is 8.05. The molecule has 1 unspecified atom stereocenters. The molecule has 1 aromatic carbocycles. The molecule has 2 rings (SSSR count). The Labute approximate surface area is 90.1 Å². The second kappa shape index (κ2) is 4.41. The van der Waals surface area contributed by atoms with Crippen molar-refractivity contribution in [3.63, 3.8) is 0 Å². The summed E-state index contributed by atoms with van der Waals surface area (Å²) in [6, 6.07) is 10.4. The van der Waals surface area contributed by atoms with Crippen LogP contribution in [-0.4, -0.2) is 11.5 Å². The van der Waals surface area contributed by atoms with Crippen LogP contribution in [0, 0.1) is 5.92 Å². The largest absolute Gasteiger partial charge is 0.330 e. The van der Waals surface area contributed by atoms with Gasteiger partial charge in [-0.25, -0.2) is 0 Å². The monoisotopic (exact) mass is 200 g/mol. The highest BCUT2D eigenvalue weighted by Crippen LogP contribution is 2.18. The lowest BCUT2D eigenvalue weighted by Crippen LogP contribution is -2.13. The van der Waals surface area contributed by atoms with Gasteiger partial charge in [-0.15, -0.1) is 0 Å². The maximum Gasteiger partial charge on any atom is 0.0733 e. The fourth-order valence-electron chi connectivity index (χ4n) is 1.79. The summed E-state index contributed by atoms with van der Waals surface area (Å²) < 4.78 is 0. The van der Waals surface area contributed by atoms with Gasteiger partial charge in [-0.1, -0.05) is 31.2 Å². The van der Waals surface area contributed by atoms with Crippen LogP contribution in [0.1, 0.15) is 12.5 Å². The van der Waals surface area contributed by atoms with Gasteiger partial charge >= 0.3 is 0 Å². The summed E-state index contributed by atoms with van der Waals surface area (Å²) in [5.74, 6) is 0.512. The molecular formula is C13H16N2. The normalized spacial score (nSPS) is 12.9. The molecule has 78 valence electrons. The minimum atomic E-state index is 0.512. The van der Waals surface area contributed by atoms with Crippen molar-refractivity contribution in [2.24, 2.45) is 11.7 Å². The summed E-state index contributed by atoms with van der Waals surface area (Å²) in [6.07, 6.45) is 2.85. The summed E-state index contributed by atoms with van der Waals surface area (Å²) >= 11 is 0. The minimum Gasteiger partial charge on any atom is -0.330 e. The molecule has 0 radical (unpaired) electrons. The van der Waals surface area contributed by atoms with Gasteiger partial charge in [0.25, 0.3) is 0 Å². The summed E-state index contributed by atoms with van der Waals surface area (Å²) in [5, 5.41) is 1.21. The molecule has 0 spiro atoms. The third-order valence-electron chi connectivity index (χ3n) is 2.69. The Kier molecular flexibility index (Phi) is 2.97. The third kappa shape index (κ3) is 2.16. The first kappa shape index (κ1) is 10.1. The Hall–Kier alpha value is -1.41. The van der Waals surface area contributed by atoms with Crippen LogP contribution in [0.15, 0.2) is 36.5 Å². The highest BCUT2D eigenvalue weighted by atomic mass is 14.6. The van der Waals surface area contributed by atoms with E-state index >= 15 is 0 Å². The molecule has 0 aliphatic carbocycles. The van der Waals surface area contributed by atoms with E-state index in [1.165, 1.54) is 10.9 Å². The number of fused-ring (bicyclic) bond motifs is 1. The van der Waals surface area contributed by atoms with E-state index in [4.69, 9.17) is 5.73 Å². The van der Waals surface area contributed by atoms with Crippen LogP contribution in [-0.2, 0) is 6.42 Å². The van der Waals surface area contributed by atoms with E-state index in [0.717, 1.165) is 18.5 Å². The topological polar surface area (TPSA) is 38.9 Å². The van der Waals surface area contributed by atoms with Gasteiger partial charge in [0.15, 0.2) is 0 Å². The van der Waals surface area contributed by atoms with Crippen LogP contribution in [0.5, 0.6) is 0 Å². The average Bonchev–Trinajstić information content (AvgIpc) is 2.29. The zero-order valence-electron chi connectivity index (χ0n) is 8.98. The quantitative estimate of drug-likeness (QED) is 0.826. The van der Waals surface area contributed by atoms with Crippen molar-refractivity contribution in [1.29, 1.82) is 0 Å². The lowest BCUT2D eigenvalue weighted by Gasteiger charge is -2.10. The maximum atomic E-state index is 5.64. The molecule has 2 nitrogen and oxygen atoms in total. The van der Waals surface area contributed by atoms with Crippen LogP contribution >= 0.6 is 0 Å². The molecule has 1 aromatic heterocycles. The zero-order chi connectivity index (χ0) is 10.7. The van der Waals surface area contributed by atoms with Crippen molar-refractivity contribution < 1.29 is 0 Å². The highest BCUT2D eigenvalue weighted by Gasteiger charge is 2.05. The molecule has 1 heterocycles. The van der Waals surface area contributed by atoms with Gasteiger partial charge in [0.1, 0.15) is 0 Å². The number of hydrogen-bond donors (Lipinski definition) is 1.